The van der Waals surface area contributed by atoms with Crippen molar-refractivity contribution >= 4 is 16.8 Å². The average molecular weight is 418 g/mol. The third-order valence-electron chi connectivity index (χ3n) is 6.13. The molecule has 0 aliphatic carbocycles. The number of nitrogens with one attached hydrogen (secondary N) is 1. The maximum absolute atomic E-state index is 12.9. The zero-order valence-electron chi connectivity index (χ0n) is 17.7. The average Bonchev–Trinajstić information content (AvgIpc) is 3.27. The third kappa shape index (κ3) is 4.16. The van der Waals surface area contributed by atoms with Crippen LogP contribution in [0.4, 0.5) is 4.79 Å². The van der Waals surface area contributed by atoms with Crippen molar-refractivity contribution in [2.75, 3.05) is 33.0 Å². The van der Waals surface area contributed by atoms with E-state index in [1.807, 2.05) is 29.2 Å². The van der Waals surface area contributed by atoms with Crippen molar-refractivity contribution in [2.45, 2.75) is 19.5 Å². The summed E-state index contributed by atoms with van der Waals surface area (Å²) in [5.41, 5.74) is 2.35. The molecule has 1 N–H and O–H groups in total. The van der Waals surface area contributed by atoms with Gasteiger partial charge in [0.25, 0.3) is 0 Å². The lowest BCUT2D eigenvalue weighted by Gasteiger charge is -2.35. The monoisotopic (exact) mass is 417 g/mol. The molecule has 3 aromatic rings. The van der Waals surface area contributed by atoms with Crippen LogP contribution in [0.3, 0.4) is 0 Å². The predicted molar refractivity (Wildman–Crippen MR) is 120 cm³/mol. The van der Waals surface area contributed by atoms with Crippen molar-refractivity contribution in [1.82, 2.24) is 15.1 Å². The summed E-state index contributed by atoms with van der Waals surface area (Å²) in [7, 11) is 0. The standard InChI is InChI=1S/C25H27N3O3/c1-18(21-8-4-6-20-5-2-3-7-22(20)21)26-25(29)28-13-11-27(12-14-28)16-19-9-10-23-24(15-19)31-17-30-23/h2-10,15,18H,11-14,16-17H2,1H3,(H,26,29)/t18-/m1/s1. The molecule has 0 spiro atoms. The molecule has 5 rings (SSSR count). The Balaban J connectivity index is 1.16. The van der Waals surface area contributed by atoms with E-state index in [1.54, 1.807) is 0 Å². The largest absolute Gasteiger partial charge is 0.454 e. The number of hydrogen-bond acceptors (Lipinski definition) is 4. The van der Waals surface area contributed by atoms with Crippen LogP contribution in [0.5, 0.6) is 11.5 Å². The van der Waals surface area contributed by atoms with E-state index >= 15 is 0 Å². The Morgan fingerprint density at radius 2 is 1.74 bits per heavy atom. The second-order valence-electron chi connectivity index (χ2n) is 8.19. The summed E-state index contributed by atoms with van der Waals surface area (Å²) in [5, 5.41) is 5.57. The molecule has 0 unspecified atom stereocenters. The van der Waals surface area contributed by atoms with Gasteiger partial charge in [-0.05, 0) is 41.0 Å². The molecule has 2 amide bonds. The maximum Gasteiger partial charge on any atom is 0.317 e. The highest BCUT2D eigenvalue weighted by atomic mass is 16.7. The Hall–Kier alpha value is -3.25. The first-order chi connectivity index (χ1) is 15.2. The molecule has 1 saturated heterocycles. The molecule has 2 heterocycles. The summed E-state index contributed by atoms with van der Waals surface area (Å²) in [6.45, 7) is 6.34. The second-order valence-corrected chi connectivity index (χ2v) is 8.19. The van der Waals surface area contributed by atoms with Crippen LogP contribution in [-0.4, -0.2) is 48.8 Å². The van der Waals surface area contributed by atoms with Crippen LogP contribution in [0.15, 0.2) is 60.7 Å². The number of urea groups is 1. The highest BCUT2D eigenvalue weighted by Gasteiger charge is 2.23. The number of carbonyl (C=O) groups excluding carboxylic acids is 1. The van der Waals surface area contributed by atoms with Gasteiger partial charge < -0.3 is 19.7 Å². The van der Waals surface area contributed by atoms with Crippen molar-refractivity contribution in [2.24, 2.45) is 0 Å². The Bertz CT molecular complexity index is 1090. The number of rotatable bonds is 4. The Kier molecular flexibility index (Phi) is 5.38. The molecule has 31 heavy (non-hydrogen) atoms. The van der Waals surface area contributed by atoms with Gasteiger partial charge in [-0.25, -0.2) is 4.79 Å². The number of benzene rings is 3. The van der Waals surface area contributed by atoms with Gasteiger partial charge in [0.2, 0.25) is 6.79 Å². The fourth-order valence-corrected chi connectivity index (χ4v) is 4.39. The molecule has 0 radical (unpaired) electrons. The van der Waals surface area contributed by atoms with Crippen molar-refractivity contribution in [3.63, 3.8) is 0 Å². The summed E-state index contributed by atoms with van der Waals surface area (Å²) in [6, 6.07) is 20.6. The van der Waals surface area contributed by atoms with E-state index in [4.69, 9.17) is 9.47 Å². The van der Waals surface area contributed by atoms with Crippen LogP contribution in [0.25, 0.3) is 10.8 Å². The minimum absolute atomic E-state index is 0.00293. The predicted octanol–water partition coefficient (Wildman–Crippen LogP) is 4.16. The summed E-state index contributed by atoms with van der Waals surface area (Å²) in [6.07, 6.45) is 0. The highest BCUT2D eigenvalue weighted by Crippen LogP contribution is 2.33. The molecule has 1 atom stereocenters. The first kappa shape index (κ1) is 19.7. The van der Waals surface area contributed by atoms with Gasteiger partial charge in [0.1, 0.15) is 0 Å². The first-order valence-corrected chi connectivity index (χ1v) is 10.8. The van der Waals surface area contributed by atoms with Gasteiger partial charge in [0.05, 0.1) is 6.04 Å². The second kappa shape index (κ2) is 8.47. The van der Waals surface area contributed by atoms with E-state index in [-0.39, 0.29) is 12.1 Å². The summed E-state index contributed by atoms with van der Waals surface area (Å²) in [4.78, 5) is 17.2. The molecule has 0 aromatic heterocycles. The van der Waals surface area contributed by atoms with Crippen molar-refractivity contribution < 1.29 is 14.3 Å². The van der Waals surface area contributed by atoms with E-state index in [1.165, 1.54) is 16.3 Å². The number of amides is 2. The van der Waals surface area contributed by atoms with Gasteiger partial charge >= 0.3 is 6.03 Å². The van der Waals surface area contributed by atoms with Crippen LogP contribution in [0, 0.1) is 0 Å². The van der Waals surface area contributed by atoms with E-state index in [0.29, 0.717) is 6.79 Å². The molecular formula is C25H27N3O3. The summed E-state index contributed by atoms with van der Waals surface area (Å²) < 4.78 is 10.9. The minimum atomic E-state index is -0.0507. The SMILES string of the molecule is C[C@@H](NC(=O)N1CCN(Cc2ccc3c(c2)OCO3)CC1)c1cccc2ccccc12. The van der Waals surface area contributed by atoms with E-state index < -0.39 is 0 Å². The third-order valence-corrected chi connectivity index (χ3v) is 6.13. The van der Waals surface area contributed by atoms with Crippen molar-refractivity contribution in [3.8, 4) is 11.5 Å². The summed E-state index contributed by atoms with van der Waals surface area (Å²) >= 11 is 0. The lowest BCUT2D eigenvalue weighted by Crippen LogP contribution is -2.51. The molecule has 0 saturated carbocycles. The maximum atomic E-state index is 12.9. The van der Waals surface area contributed by atoms with Crippen molar-refractivity contribution in [3.05, 3.63) is 71.8 Å². The first-order valence-electron chi connectivity index (χ1n) is 10.8. The van der Waals surface area contributed by atoms with Gasteiger partial charge in [0, 0.05) is 32.7 Å². The number of carbonyl (C=O) groups is 1. The number of nitrogens with zero attached hydrogens (tertiary/aromatic N) is 2. The van der Waals surface area contributed by atoms with E-state index in [9.17, 15) is 4.79 Å². The highest BCUT2D eigenvalue weighted by molar-refractivity contribution is 5.86. The Morgan fingerprint density at radius 3 is 2.61 bits per heavy atom. The summed E-state index contributed by atoms with van der Waals surface area (Å²) in [5.74, 6) is 1.63. The van der Waals surface area contributed by atoms with E-state index in [2.05, 4.69) is 53.5 Å². The smallest absolute Gasteiger partial charge is 0.317 e. The fourth-order valence-electron chi connectivity index (χ4n) is 4.39. The lowest BCUT2D eigenvalue weighted by atomic mass is 10.00. The fraction of sp³-hybridized carbons (Fsp3) is 0.320. The molecule has 1 fully saturated rings. The van der Waals surface area contributed by atoms with Crippen LogP contribution in [0.1, 0.15) is 24.1 Å². The number of piperazine rings is 1. The molecule has 3 aromatic carbocycles. The number of ether oxygens (including phenoxy) is 2. The van der Waals surface area contributed by atoms with Crippen LogP contribution < -0.4 is 14.8 Å². The quantitative estimate of drug-likeness (QED) is 0.693. The van der Waals surface area contributed by atoms with Gasteiger partial charge in [-0.2, -0.15) is 0 Å². The number of fused-ring (bicyclic) bond motifs is 2. The van der Waals surface area contributed by atoms with E-state index in [0.717, 1.165) is 49.8 Å². The Morgan fingerprint density at radius 1 is 0.968 bits per heavy atom. The Labute approximate surface area is 182 Å². The molecular weight excluding hydrogens is 390 g/mol. The van der Waals surface area contributed by atoms with Gasteiger partial charge in [0.15, 0.2) is 11.5 Å². The zero-order chi connectivity index (χ0) is 21.2. The molecule has 6 heteroatoms. The van der Waals surface area contributed by atoms with Gasteiger partial charge in [-0.3, -0.25) is 4.90 Å². The normalized spacial score (nSPS) is 17.0. The van der Waals surface area contributed by atoms with Gasteiger partial charge in [-0.15, -0.1) is 0 Å². The molecule has 2 aliphatic rings. The van der Waals surface area contributed by atoms with Gasteiger partial charge in [-0.1, -0.05) is 48.5 Å². The molecule has 2 aliphatic heterocycles. The van der Waals surface area contributed by atoms with Crippen molar-refractivity contribution in [1.29, 1.82) is 0 Å². The van der Waals surface area contributed by atoms with Crippen LogP contribution in [-0.2, 0) is 6.54 Å². The molecule has 6 nitrogen and oxygen atoms in total. The van der Waals surface area contributed by atoms with Crippen LogP contribution >= 0.6 is 0 Å². The molecule has 160 valence electrons. The molecule has 0 bridgehead atoms. The zero-order valence-corrected chi connectivity index (χ0v) is 17.7. The minimum Gasteiger partial charge on any atom is -0.454 e. The van der Waals surface area contributed by atoms with Crippen LogP contribution in [0.2, 0.25) is 0 Å². The number of hydrogen-bond donors (Lipinski definition) is 1. The topological polar surface area (TPSA) is 54.0 Å². The lowest BCUT2D eigenvalue weighted by molar-refractivity contribution is 0.133.